The predicted octanol–water partition coefficient (Wildman–Crippen LogP) is 1.75. The number of fused-ring (bicyclic) bond motifs is 1. The van der Waals surface area contributed by atoms with Crippen LogP contribution in [0.15, 0.2) is 15.3 Å². The summed E-state index contributed by atoms with van der Waals surface area (Å²) in [7, 11) is 1.60. The number of aromatic nitrogens is 1. The molecule has 0 bridgehead atoms. The van der Waals surface area contributed by atoms with E-state index in [-0.39, 0.29) is 0 Å². The van der Waals surface area contributed by atoms with E-state index in [1.807, 2.05) is 19.9 Å². The fourth-order valence-corrected chi connectivity index (χ4v) is 1.57. The van der Waals surface area contributed by atoms with Crippen molar-refractivity contribution in [1.29, 1.82) is 0 Å². The van der Waals surface area contributed by atoms with Gasteiger partial charge in [0.1, 0.15) is 5.75 Å². The number of oxazole rings is 1. The highest BCUT2D eigenvalue weighted by Gasteiger charge is 2.11. The van der Waals surface area contributed by atoms with Crippen LogP contribution in [0.25, 0.3) is 11.1 Å². The van der Waals surface area contributed by atoms with E-state index in [9.17, 15) is 4.79 Å². The molecule has 0 saturated heterocycles. The lowest BCUT2D eigenvalue weighted by molar-refractivity contribution is 0.410. The molecule has 0 amide bonds. The van der Waals surface area contributed by atoms with Gasteiger partial charge in [-0.1, -0.05) is 0 Å². The molecule has 0 aliphatic carbocycles. The smallest absolute Gasteiger partial charge is 0.417 e. The summed E-state index contributed by atoms with van der Waals surface area (Å²) in [6.45, 7) is 3.76. The first-order valence-corrected chi connectivity index (χ1v) is 4.30. The minimum Gasteiger partial charge on any atom is -0.496 e. The monoisotopic (exact) mass is 193 g/mol. The van der Waals surface area contributed by atoms with Gasteiger partial charge in [-0.25, -0.2) is 4.79 Å². The molecule has 1 heterocycles. The topological polar surface area (TPSA) is 55.2 Å². The quantitative estimate of drug-likeness (QED) is 0.750. The summed E-state index contributed by atoms with van der Waals surface area (Å²) in [5.41, 5.74) is 3.10. The average molecular weight is 193 g/mol. The van der Waals surface area contributed by atoms with Crippen molar-refractivity contribution in [2.45, 2.75) is 13.8 Å². The molecule has 0 radical (unpaired) electrons. The van der Waals surface area contributed by atoms with Gasteiger partial charge in [-0.05, 0) is 25.5 Å². The third-order valence-electron chi connectivity index (χ3n) is 2.32. The third kappa shape index (κ3) is 1.11. The number of nitrogens with one attached hydrogen (secondary N) is 1. The van der Waals surface area contributed by atoms with Crippen LogP contribution >= 0.6 is 0 Å². The molecule has 1 aromatic heterocycles. The standard InChI is InChI=1S/C10H11NO3/c1-5-4-7(13-3)6(2)9-8(5)11-10(12)14-9/h4H,1-3H3,(H,11,12). The van der Waals surface area contributed by atoms with Gasteiger partial charge in [0.2, 0.25) is 0 Å². The molecule has 2 rings (SSSR count). The van der Waals surface area contributed by atoms with Gasteiger partial charge in [0, 0.05) is 5.56 Å². The van der Waals surface area contributed by atoms with Crippen molar-refractivity contribution >= 4 is 11.1 Å². The number of aromatic amines is 1. The maximum Gasteiger partial charge on any atom is 0.417 e. The zero-order valence-corrected chi connectivity index (χ0v) is 8.30. The van der Waals surface area contributed by atoms with Crippen LogP contribution in [-0.4, -0.2) is 12.1 Å². The van der Waals surface area contributed by atoms with E-state index in [0.717, 1.165) is 22.4 Å². The molecule has 4 heteroatoms. The van der Waals surface area contributed by atoms with Gasteiger partial charge < -0.3 is 9.15 Å². The molecule has 74 valence electrons. The van der Waals surface area contributed by atoms with Crippen molar-refractivity contribution in [3.63, 3.8) is 0 Å². The van der Waals surface area contributed by atoms with Crippen LogP contribution in [0.5, 0.6) is 5.75 Å². The number of hydrogen-bond donors (Lipinski definition) is 1. The van der Waals surface area contributed by atoms with Crippen LogP contribution in [0, 0.1) is 13.8 Å². The van der Waals surface area contributed by atoms with Gasteiger partial charge in [0.05, 0.1) is 12.6 Å². The number of aryl methyl sites for hydroxylation is 2. The number of rotatable bonds is 1. The van der Waals surface area contributed by atoms with Gasteiger partial charge in [0.25, 0.3) is 0 Å². The van der Waals surface area contributed by atoms with Gasteiger partial charge in [0.15, 0.2) is 5.58 Å². The molecule has 0 aliphatic heterocycles. The van der Waals surface area contributed by atoms with Gasteiger partial charge in [-0.15, -0.1) is 0 Å². The first kappa shape index (κ1) is 8.87. The number of ether oxygens (including phenoxy) is 1. The fraction of sp³-hybridized carbons (Fsp3) is 0.300. The highest BCUT2D eigenvalue weighted by Crippen LogP contribution is 2.28. The lowest BCUT2D eigenvalue weighted by Crippen LogP contribution is -1.93. The molecule has 4 nitrogen and oxygen atoms in total. The van der Waals surface area contributed by atoms with E-state index in [1.165, 1.54) is 0 Å². The molecule has 0 aliphatic rings. The molecule has 2 aromatic rings. The summed E-state index contributed by atoms with van der Waals surface area (Å²) >= 11 is 0. The van der Waals surface area contributed by atoms with E-state index in [2.05, 4.69) is 4.98 Å². The van der Waals surface area contributed by atoms with Crippen LogP contribution in [0.4, 0.5) is 0 Å². The van der Waals surface area contributed by atoms with Crippen molar-refractivity contribution in [2.75, 3.05) is 7.11 Å². The van der Waals surface area contributed by atoms with E-state index in [1.54, 1.807) is 7.11 Å². The summed E-state index contributed by atoms with van der Waals surface area (Å²) < 4.78 is 10.2. The molecule has 1 N–H and O–H groups in total. The van der Waals surface area contributed by atoms with Gasteiger partial charge in [-0.3, -0.25) is 4.98 Å². The Kier molecular flexibility index (Phi) is 1.84. The lowest BCUT2D eigenvalue weighted by Gasteiger charge is -2.05. The normalized spacial score (nSPS) is 10.8. The molecule has 0 fully saturated rings. The summed E-state index contributed by atoms with van der Waals surface area (Å²) in [5.74, 6) is 0.303. The van der Waals surface area contributed by atoms with Crippen molar-refractivity contribution < 1.29 is 9.15 Å². The highest BCUT2D eigenvalue weighted by atomic mass is 16.5. The molecular weight excluding hydrogens is 182 g/mol. The average Bonchev–Trinajstić information content (AvgIpc) is 2.54. The molecule has 0 spiro atoms. The Bertz CT molecular complexity index is 536. The van der Waals surface area contributed by atoms with Crippen LogP contribution < -0.4 is 10.5 Å². The zero-order chi connectivity index (χ0) is 10.3. The minimum absolute atomic E-state index is 0.431. The molecule has 14 heavy (non-hydrogen) atoms. The van der Waals surface area contributed by atoms with Gasteiger partial charge in [-0.2, -0.15) is 0 Å². The first-order chi connectivity index (χ1) is 6.63. The Morgan fingerprint density at radius 3 is 2.79 bits per heavy atom. The van der Waals surface area contributed by atoms with Crippen LogP contribution in [0.3, 0.4) is 0 Å². The van der Waals surface area contributed by atoms with Crippen LogP contribution in [-0.2, 0) is 0 Å². The van der Waals surface area contributed by atoms with Crippen molar-refractivity contribution in [3.8, 4) is 5.75 Å². The largest absolute Gasteiger partial charge is 0.496 e. The Morgan fingerprint density at radius 2 is 2.14 bits per heavy atom. The molecule has 0 atom stereocenters. The van der Waals surface area contributed by atoms with E-state index < -0.39 is 5.76 Å². The lowest BCUT2D eigenvalue weighted by atomic mass is 10.1. The maximum absolute atomic E-state index is 11.0. The van der Waals surface area contributed by atoms with E-state index in [0.29, 0.717) is 5.58 Å². The minimum atomic E-state index is -0.431. The third-order valence-corrected chi connectivity index (χ3v) is 2.32. The van der Waals surface area contributed by atoms with E-state index >= 15 is 0 Å². The highest BCUT2D eigenvalue weighted by molar-refractivity contribution is 5.81. The Hall–Kier alpha value is -1.71. The van der Waals surface area contributed by atoms with Crippen molar-refractivity contribution in [2.24, 2.45) is 0 Å². The summed E-state index contributed by atoms with van der Waals surface area (Å²) in [6.07, 6.45) is 0. The number of hydrogen-bond acceptors (Lipinski definition) is 3. The number of methoxy groups -OCH3 is 1. The van der Waals surface area contributed by atoms with Gasteiger partial charge >= 0.3 is 5.76 Å². The Morgan fingerprint density at radius 1 is 1.43 bits per heavy atom. The van der Waals surface area contributed by atoms with Crippen LogP contribution in [0.1, 0.15) is 11.1 Å². The maximum atomic E-state index is 11.0. The van der Waals surface area contributed by atoms with Crippen LogP contribution in [0.2, 0.25) is 0 Å². The zero-order valence-electron chi connectivity index (χ0n) is 8.30. The Labute approximate surface area is 80.5 Å². The molecule has 0 saturated carbocycles. The van der Waals surface area contributed by atoms with E-state index in [4.69, 9.17) is 9.15 Å². The Balaban J connectivity index is 2.93. The second kappa shape index (κ2) is 2.90. The SMILES string of the molecule is COc1cc(C)c2[nH]c(=O)oc2c1C. The predicted molar refractivity (Wildman–Crippen MR) is 52.9 cm³/mol. The summed E-state index contributed by atoms with van der Waals surface area (Å²) in [5, 5.41) is 0. The second-order valence-electron chi connectivity index (χ2n) is 3.24. The number of benzene rings is 1. The molecule has 1 aromatic carbocycles. The number of H-pyrrole nitrogens is 1. The van der Waals surface area contributed by atoms with Crippen molar-refractivity contribution in [3.05, 3.63) is 27.7 Å². The summed E-state index contributed by atoms with van der Waals surface area (Å²) in [6, 6.07) is 1.88. The summed E-state index contributed by atoms with van der Waals surface area (Å²) in [4.78, 5) is 13.7. The molecular formula is C10H11NO3. The van der Waals surface area contributed by atoms with Crippen molar-refractivity contribution in [1.82, 2.24) is 4.98 Å². The first-order valence-electron chi connectivity index (χ1n) is 4.30. The fourth-order valence-electron chi connectivity index (χ4n) is 1.57. The second-order valence-corrected chi connectivity index (χ2v) is 3.24. The molecule has 0 unspecified atom stereocenters.